The summed E-state index contributed by atoms with van der Waals surface area (Å²) in [5, 5.41) is 0. The molecular weight excluding hydrogens is 436 g/mol. The van der Waals surface area contributed by atoms with Gasteiger partial charge in [0.05, 0.1) is 8.07 Å². The number of allylic oxidation sites excluding steroid dienone is 2. The summed E-state index contributed by atoms with van der Waals surface area (Å²) in [6.07, 6.45) is 9.80. The minimum absolute atomic E-state index is 0.506. The number of aryl methyl sites for hydroxylation is 2. The number of hydrogen-bond acceptors (Lipinski definition) is 0. The van der Waals surface area contributed by atoms with Crippen LogP contribution in [0.4, 0.5) is 0 Å². The van der Waals surface area contributed by atoms with E-state index in [0.29, 0.717) is 11.1 Å². The lowest BCUT2D eigenvalue weighted by Gasteiger charge is -2.35. The second-order valence-corrected chi connectivity index (χ2v) is 15.7. The average molecular weight is 469 g/mol. The molecule has 0 heterocycles. The molecule has 0 bridgehead atoms. The average Bonchev–Trinajstić information content (AvgIpc) is 3.50. The molecule has 0 aromatic heterocycles. The molecule has 0 fully saturated rings. The van der Waals surface area contributed by atoms with Crippen LogP contribution in [-0.4, -0.2) is 8.07 Å². The standard InChI is InChI=1S/C34H32Si/c1-23-11-15-25(16-12-23)27-7-5-9-31-29(27)19-21-33(31)35(3,4)34-22-20-30-28(8-6-10-32(30)34)26-17-13-24(2)14-18-26/h5-22,33-34H,1-4H3. The van der Waals surface area contributed by atoms with E-state index in [9.17, 15) is 0 Å². The summed E-state index contributed by atoms with van der Waals surface area (Å²) in [5.41, 5.74) is 14.8. The van der Waals surface area contributed by atoms with Gasteiger partial charge in [-0.25, -0.2) is 0 Å². The number of hydrogen-bond donors (Lipinski definition) is 0. The van der Waals surface area contributed by atoms with Crippen molar-refractivity contribution >= 4 is 20.2 Å². The molecule has 0 radical (unpaired) electrons. The maximum Gasteiger partial charge on any atom is 0.0715 e. The van der Waals surface area contributed by atoms with Gasteiger partial charge in [0.2, 0.25) is 0 Å². The lowest BCUT2D eigenvalue weighted by Crippen LogP contribution is -2.40. The van der Waals surface area contributed by atoms with Gasteiger partial charge < -0.3 is 0 Å². The largest absolute Gasteiger partial charge is 0.0791 e. The first-order valence-corrected chi connectivity index (χ1v) is 15.9. The summed E-state index contributed by atoms with van der Waals surface area (Å²) in [4.78, 5) is 0. The van der Waals surface area contributed by atoms with Crippen molar-refractivity contribution in [1.29, 1.82) is 0 Å². The van der Waals surface area contributed by atoms with Crippen molar-refractivity contribution in [3.63, 3.8) is 0 Å². The third kappa shape index (κ3) is 3.66. The Kier molecular flexibility index (Phi) is 5.27. The van der Waals surface area contributed by atoms with Gasteiger partial charge in [-0.3, -0.25) is 0 Å². The van der Waals surface area contributed by atoms with E-state index >= 15 is 0 Å². The van der Waals surface area contributed by atoms with Gasteiger partial charge in [0.25, 0.3) is 0 Å². The van der Waals surface area contributed by atoms with E-state index in [-0.39, 0.29) is 0 Å². The Bertz CT molecular complexity index is 1350. The number of benzene rings is 4. The Hall–Kier alpha value is -3.42. The minimum atomic E-state index is -1.78. The van der Waals surface area contributed by atoms with Crippen LogP contribution in [0.1, 0.15) is 44.5 Å². The highest BCUT2D eigenvalue weighted by atomic mass is 28.3. The fraction of sp³-hybridized carbons (Fsp3) is 0.176. The minimum Gasteiger partial charge on any atom is -0.0791 e. The van der Waals surface area contributed by atoms with Gasteiger partial charge in [-0.15, -0.1) is 0 Å². The zero-order valence-electron chi connectivity index (χ0n) is 21.0. The van der Waals surface area contributed by atoms with E-state index in [1.807, 2.05) is 0 Å². The summed E-state index contributed by atoms with van der Waals surface area (Å²) in [6.45, 7) is 9.47. The molecule has 0 saturated carbocycles. The summed E-state index contributed by atoms with van der Waals surface area (Å²) in [5.74, 6) is 0. The molecule has 2 unspecified atom stereocenters. The van der Waals surface area contributed by atoms with E-state index < -0.39 is 8.07 Å². The van der Waals surface area contributed by atoms with Crippen LogP contribution in [0, 0.1) is 13.8 Å². The Morgan fingerprint density at radius 2 is 0.914 bits per heavy atom. The van der Waals surface area contributed by atoms with Gasteiger partial charge in [0, 0.05) is 0 Å². The van der Waals surface area contributed by atoms with Crippen molar-refractivity contribution in [2.45, 2.75) is 38.0 Å². The van der Waals surface area contributed by atoms with Gasteiger partial charge in [0.15, 0.2) is 0 Å². The zero-order valence-corrected chi connectivity index (χ0v) is 22.0. The van der Waals surface area contributed by atoms with Gasteiger partial charge in [-0.1, -0.05) is 133 Å². The van der Waals surface area contributed by atoms with E-state index in [2.05, 4.69) is 136 Å². The first-order valence-electron chi connectivity index (χ1n) is 12.7. The van der Waals surface area contributed by atoms with E-state index in [0.717, 1.165) is 0 Å². The fourth-order valence-corrected chi connectivity index (χ4v) is 9.81. The smallest absolute Gasteiger partial charge is 0.0715 e. The van der Waals surface area contributed by atoms with E-state index in [4.69, 9.17) is 0 Å². The first-order chi connectivity index (χ1) is 16.9. The molecule has 4 aromatic rings. The maximum absolute atomic E-state index is 2.58. The van der Waals surface area contributed by atoms with Crippen LogP contribution < -0.4 is 0 Å². The second kappa shape index (κ2) is 8.36. The van der Waals surface area contributed by atoms with Crippen LogP contribution in [0.25, 0.3) is 34.4 Å². The molecular formula is C34H32Si. The lowest BCUT2D eigenvalue weighted by atomic mass is 9.96. The topological polar surface area (TPSA) is 0 Å². The molecule has 0 saturated heterocycles. The number of fused-ring (bicyclic) bond motifs is 2. The van der Waals surface area contributed by atoms with Crippen LogP contribution in [-0.2, 0) is 0 Å². The van der Waals surface area contributed by atoms with Crippen molar-refractivity contribution in [3.05, 3.63) is 130 Å². The first kappa shape index (κ1) is 22.1. The monoisotopic (exact) mass is 468 g/mol. The Labute approximate surface area is 210 Å². The van der Waals surface area contributed by atoms with Crippen molar-refractivity contribution in [3.8, 4) is 22.3 Å². The highest BCUT2D eigenvalue weighted by molar-refractivity contribution is 6.81. The maximum atomic E-state index is 2.58. The third-order valence-corrected chi connectivity index (χ3v) is 12.4. The molecule has 0 amide bonds. The van der Waals surface area contributed by atoms with E-state index in [1.165, 1.54) is 55.6 Å². The van der Waals surface area contributed by atoms with Gasteiger partial charge in [-0.05, 0) is 69.4 Å². The summed E-state index contributed by atoms with van der Waals surface area (Å²) in [7, 11) is -1.78. The van der Waals surface area contributed by atoms with Crippen LogP contribution in [0.15, 0.2) is 97.1 Å². The molecule has 2 aliphatic rings. The Balaban J connectivity index is 1.38. The third-order valence-electron chi connectivity index (χ3n) is 8.19. The summed E-state index contributed by atoms with van der Waals surface area (Å²) < 4.78 is 0. The molecule has 6 rings (SSSR count). The molecule has 35 heavy (non-hydrogen) atoms. The molecule has 2 atom stereocenters. The van der Waals surface area contributed by atoms with Crippen LogP contribution >= 0.6 is 0 Å². The molecule has 172 valence electrons. The van der Waals surface area contributed by atoms with Crippen molar-refractivity contribution in [2.24, 2.45) is 0 Å². The molecule has 1 heteroatoms. The predicted molar refractivity (Wildman–Crippen MR) is 154 cm³/mol. The summed E-state index contributed by atoms with van der Waals surface area (Å²) in [6, 6.07) is 31.7. The Morgan fingerprint density at radius 1 is 0.514 bits per heavy atom. The summed E-state index contributed by atoms with van der Waals surface area (Å²) >= 11 is 0. The molecule has 0 spiro atoms. The van der Waals surface area contributed by atoms with Gasteiger partial charge >= 0.3 is 0 Å². The quantitative estimate of drug-likeness (QED) is 0.262. The van der Waals surface area contributed by atoms with Crippen molar-refractivity contribution in [2.75, 3.05) is 0 Å². The number of rotatable bonds is 4. The second-order valence-electron chi connectivity index (χ2n) is 10.8. The molecule has 4 aromatic carbocycles. The zero-order chi connectivity index (χ0) is 24.2. The van der Waals surface area contributed by atoms with Gasteiger partial charge in [0.1, 0.15) is 0 Å². The molecule has 2 aliphatic carbocycles. The van der Waals surface area contributed by atoms with Crippen molar-refractivity contribution < 1.29 is 0 Å². The molecule has 0 aliphatic heterocycles. The molecule has 0 nitrogen and oxygen atoms in total. The van der Waals surface area contributed by atoms with Crippen LogP contribution in [0.5, 0.6) is 0 Å². The van der Waals surface area contributed by atoms with E-state index in [1.54, 1.807) is 0 Å². The SMILES string of the molecule is Cc1ccc(-c2cccc3c2C=CC3[Si](C)(C)C2C=Cc3c(-c4ccc(C)cc4)cccc32)cc1. The van der Waals surface area contributed by atoms with Crippen molar-refractivity contribution in [1.82, 2.24) is 0 Å². The molecule has 0 N–H and O–H groups in total. The van der Waals surface area contributed by atoms with Crippen LogP contribution in [0.2, 0.25) is 13.1 Å². The van der Waals surface area contributed by atoms with Gasteiger partial charge in [-0.2, -0.15) is 0 Å². The van der Waals surface area contributed by atoms with Crippen LogP contribution in [0.3, 0.4) is 0 Å². The predicted octanol–water partition coefficient (Wildman–Crippen LogP) is 9.35. The highest BCUT2D eigenvalue weighted by Gasteiger charge is 2.43. The lowest BCUT2D eigenvalue weighted by molar-refractivity contribution is 1.05. The fourth-order valence-electron chi connectivity index (χ4n) is 6.13. The highest BCUT2D eigenvalue weighted by Crippen LogP contribution is 2.49. The Morgan fingerprint density at radius 3 is 1.31 bits per heavy atom. The normalized spacial score (nSPS) is 18.1.